The number of carbonyl (C=O) groups excluding carboxylic acids is 1. The highest BCUT2D eigenvalue weighted by atomic mass is 16.7. The summed E-state index contributed by atoms with van der Waals surface area (Å²) in [5.74, 6) is 1.69. The van der Waals surface area contributed by atoms with E-state index in [0.717, 1.165) is 45.1 Å². The van der Waals surface area contributed by atoms with E-state index in [9.17, 15) is 4.79 Å². The Kier molecular flexibility index (Phi) is 9.81. The lowest BCUT2D eigenvalue weighted by Gasteiger charge is -2.36. The second-order valence-corrected chi connectivity index (χ2v) is 9.81. The van der Waals surface area contributed by atoms with Crippen LogP contribution in [-0.4, -0.2) is 55.6 Å². The predicted octanol–water partition coefficient (Wildman–Crippen LogP) is 5.73. The third-order valence-corrected chi connectivity index (χ3v) is 7.18. The first-order chi connectivity index (χ1) is 17.2. The smallest absolute Gasteiger partial charge is 0.289 e. The number of rotatable bonds is 12. The van der Waals surface area contributed by atoms with Gasteiger partial charge in [0.25, 0.3) is 5.91 Å². The fraction of sp³-hybridized carbons (Fsp3) is 0.621. The number of carbonyl (C=O) groups is 1. The number of hydrogen-bond acceptors (Lipinski definition) is 5. The Labute approximate surface area is 210 Å². The van der Waals surface area contributed by atoms with Crippen molar-refractivity contribution in [2.45, 2.75) is 89.1 Å². The van der Waals surface area contributed by atoms with Crippen molar-refractivity contribution in [3.8, 4) is 5.75 Å². The summed E-state index contributed by atoms with van der Waals surface area (Å²) in [5.41, 5.74) is 1.35. The number of allylic oxidation sites excluding steroid dienone is 1. The van der Waals surface area contributed by atoms with Gasteiger partial charge in [0.2, 0.25) is 0 Å². The van der Waals surface area contributed by atoms with E-state index in [1.54, 1.807) is 12.2 Å². The van der Waals surface area contributed by atoms with Gasteiger partial charge in [0.05, 0.1) is 19.3 Å². The largest absolute Gasteiger partial charge is 0.452 e. The molecule has 2 aliphatic carbocycles. The monoisotopic (exact) mass is 483 g/mol. The van der Waals surface area contributed by atoms with Gasteiger partial charge in [-0.15, -0.1) is 6.58 Å². The molecular weight excluding hydrogens is 442 g/mol. The van der Waals surface area contributed by atoms with Crippen molar-refractivity contribution < 1.29 is 23.7 Å². The summed E-state index contributed by atoms with van der Waals surface area (Å²) < 4.78 is 23.5. The van der Waals surface area contributed by atoms with Crippen molar-refractivity contribution in [2.75, 3.05) is 26.4 Å². The summed E-state index contributed by atoms with van der Waals surface area (Å²) in [7, 11) is 0. The maximum Gasteiger partial charge on any atom is 0.289 e. The average Bonchev–Trinajstić information content (AvgIpc) is 3.75. The van der Waals surface area contributed by atoms with Crippen molar-refractivity contribution in [3.05, 3.63) is 54.3 Å². The molecule has 3 fully saturated rings. The third-order valence-electron chi connectivity index (χ3n) is 7.18. The summed E-state index contributed by atoms with van der Waals surface area (Å²) in [5, 5.41) is 0. The molecule has 6 nitrogen and oxygen atoms in total. The third kappa shape index (κ3) is 7.66. The Hall–Kier alpha value is -2.15. The van der Waals surface area contributed by atoms with Gasteiger partial charge in [0.1, 0.15) is 5.75 Å². The molecule has 4 rings (SSSR count). The zero-order chi connectivity index (χ0) is 24.5. The van der Waals surface area contributed by atoms with Gasteiger partial charge in [-0.2, -0.15) is 0 Å². The Morgan fingerprint density at radius 2 is 1.77 bits per heavy atom. The summed E-state index contributed by atoms with van der Waals surface area (Å²) >= 11 is 0. The maximum absolute atomic E-state index is 13.4. The first kappa shape index (κ1) is 25.9. The van der Waals surface area contributed by atoms with E-state index >= 15 is 0 Å². The molecule has 0 radical (unpaired) electrons. The molecule has 0 aromatic heterocycles. The highest BCUT2D eigenvalue weighted by Crippen LogP contribution is 2.40. The standard InChI is InChI=1S/C29H41NO5/c1-3-18-30(29(31)27(4-2)35-26-14-10-23(11-15-26)22-8-9-22)24-12-16-25(17-13-24)32-20-21-34-28-7-5-6-19-33-28/h3-4,10-11,14-15,22,24-25,28H,1,5-9,12-13,16-21H2,2H3/b27-4-/t24-,25-,28?. The van der Waals surface area contributed by atoms with Gasteiger partial charge in [-0.05, 0) is 94.4 Å². The second kappa shape index (κ2) is 13.2. The molecule has 1 unspecified atom stereocenters. The van der Waals surface area contributed by atoms with Gasteiger partial charge in [-0.1, -0.05) is 18.2 Å². The van der Waals surface area contributed by atoms with Crippen LogP contribution < -0.4 is 4.74 Å². The number of hydrogen-bond donors (Lipinski definition) is 0. The number of ether oxygens (including phenoxy) is 4. The van der Waals surface area contributed by atoms with Crippen LogP contribution in [0.2, 0.25) is 0 Å². The molecule has 3 aliphatic rings. The zero-order valence-electron chi connectivity index (χ0n) is 21.2. The molecule has 1 saturated heterocycles. The lowest BCUT2D eigenvalue weighted by atomic mass is 9.91. The predicted molar refractivity (Wildman–Crippen MR) is 136 cm³/mol. The SMILES string of the molecule is C=CCN(C(=O)/C(=C/C)Oc1ccc(C2CC2)cc1)[C@H]1CC[C@H](OCCOC2CCCCO2)CC1. The van der Waals surface area contributed by atoms with Crippen LogP contribution in [0, 0.1) is 0 Å². The highest BCUT2D eigenvalue weighted by Gasteiger charge is 2.31. The van der Waals surface area contributed by atoms with Gasteiger partial charge in [0, 0.05) is 19.2 Å². The number of benzene rings is 1. The molecule has 1 atom stereocenters. The van der Waals surface area contributed by atoms with E-state index in [1.807, 2.05) is 24.0 Å². The Bertz CT molecular complexity index is 833. The molecule has 35 heavy (non-hydrogen) atoms. The summed E-state index contributed by atoms with van der Waals surface area (Å²) in [6.45, 7) is 8.18. The molecular formula is C29H41NO5. The quantitative estimate of drug-likeness (QED) is 0.164. The molecule has 6 heteroatoms. The first-order valence-electron chi connectivity index (χ1n) is 13.4. The average molecular weight is 484 g/mol. The Morgan fingerprint density at radius 1 is 1.03 bits per heavy atom. The summed E-state index contributed by atoms with van der Waals surface area (Å²) in [6, 6.07) is 8.31. The van der Waals surface area contributed by atoms with Crippen LogP contribution in [0.5, 0.6) is 5.75 Å². The van der Waals surface area contributed by atoms with Gasteiger partial charge in [0.15, 0.2) is 12.0 Å². The molecule has 2 saturated carbocycles. The molecule has 1 aliphatic heterocycles. The molecule has 1 aromatic rings. The van der Waals surface area contributed by atoms with E-state index in [4.69, 9.17) is 18.9 Å². The Morgan fingerprint density at radius 3 is 2.40 bits per heavy atom. The lowest BCUT2D eigenvalue weighted by Crippen LogP contribution is -2.44. The minimum absolute atomic E-state index is 0.0688. The molecule has 0 N–H and O–H groups in total. The van der Waals surface area contributed by atoms with E-state index in [0.29, 0.717) is 37.2 Å². The summed E-state index contributed by atoms with van der Waals surface area (Å²) in [4.78, 5) is 15.3. The number of nitrogens with zero attached hydrogens (tertiary/aromatic N) is 1. The molecule has 0 bridgehead atoms. The minimum atomic E-state index is -0.0797. The van der Waals surface area contributed by atoms with Gasteiger partial charge >= 0.3 is 0 Å². The fourth-order valence-corrected chi connectivity index (χ4v) is 5.02. The van der Waals surface area contributed by atoms with E-state index in [1.165, 1.54) is 24.8 Å². The normalized spacial score (nSPS) is 25.2. The van der Waals surface area contributed by atoms with E-state index in [-0.39, 0.29) is 24.3 Å². The van der Waals surface area contributed by atoms with E-state index in [2.05, 4.69) is 18.7 Å². The van der Waals surface area contributed by atoms with Crippen LogP contribution in [-0.2, 0) is 19.0 Å². The van der Waals surface area contributed by atoms with Crippen LogP contribution in [0.25, 0.3) is 0 Å². The van der Waals surface area contributed by atoms with Crippen molar-refractivity contribution in [1.82, 2.24) is 4.90 Å². The van der Waals surface area contributed by atoms with Gasteiger partial charge in [-0.25, -0.2) is 0 Å². The van der Waals surface area contributed by atoms with Crippen molar-refractivity contribution in [2.24, 2.45) is 0 Å². The zero-order valence-corrected chi connectivity index (χ0v) is 21.2. The number of amides is 1. The van der Waals surface area contributed by atoms with Crippen LogP contribution in [0.3, 0.4) is 0 Å². The molecule has 192 valence electrons. The van der Waals surface area contributed by atoms with Crippen LogP contribution in [0.15, 0.2) is 48.8 Å². The van der Waals surface area contributed by atoms with Crippen molar-refractivity contribution >= 4 is 5.91 Å². The summed E-state index contributed by atoms with van der Waals surface area (Å²) in [6.07, 6.45) is 13.2. The van der Waals surface area contributed by atoms with Crippen molar-refractivity contribution in [1.29, 1.82) is 0 Å². The van der Waals surface area contributed by atoms with E-state index < -0.39 is 0 Å². The van der Waals surface area contributed by atoms with Gasteiger partial charge < -0.3 is 23.8 Å². The topological polar surface area (TPSA) is 57.2 Å². The minimum Gasteiger partial charge on any atom is -0.452 e. The second-order valence-electron chi connectivity index (χ2n) is 9.81. The van der Waals surface area contributed by atoms with Gasteiger partial charge in [-0.3, -0.25) is 4.79 Å². The van der Waals surface area contributed by atoms with Crippen LogP contribution in [0.4, 0.5) is 0 Å². The van der Waals surface area contributed by atoms with Crippen LogP contribution >= 0.6 is 0 Å². The molecule has 0 spiro atoms. The molecule has 1 aromatic carbocycles. The highest BCUT2D eigenvalue weighted by molar-refractivity contribution is 5.92. The first-order valence-corrected chi connectivity index (χ1v) is 13.4. The molecule has 1 heterocycles. The van der Waals surface area contributed by atoms with Crippen LogP contribution in [0.1, 0.15) is 76.2 Å². The molecule has 1 amide bonds. The fourth-order valence-electron chi connectivity index (χ4n) is 5.02. The van der Waals surface area contributed by atoms with Crippen molar-refractivity contribution in [3.63, 3.8) is 0 Å². The maximum atomic E-state index is 13.4. The lowest BCUT2D eigenvalue weighted by molar-refractivity contribution is -0.172. The Balaban J connectivity index is 1.23.